The van der Waals surface area contributed by atoms with Gasteiger partial charge in [0.25, 0.3) is 0 Å². The highest BCUT2D eigenvalue weighted by Gasteiger charge is 2.33. The predicted molar refractivity (Wildman–Crippen MR) is 84.1 cm³/mol. The molecule has 1 aromatic heterocycles. The van der Waals surface area contributed by atoms with Crippen molar-refractivity contribution in [2.45, 2.75) is 45.3 Å². The van der Waals surface area contributed by atoms with Crippen LogP contribution in [0.2, 0.25) is 0 Å². The molecule has 2 aliphatic heterocycles. The largest absolute Gasteiger partial charge is 0.459 e. The number of rotatable bonds is 3. The molecule has 2 unspecified atom stereocenters. The lowest BCUT2D eigenvalue weighted by atomic mass is 9.88. The molecule has 0 amide bonds. The molecule has 2 fully saturated rings. The van der Waals surface area contributed by atoms with Gasteiger partial charge in [0.05, 0.1) is 12.2 Å². The Hall–Kier alpha value is -1.62. The summed E-state index contributed by atoms with van der Waals surface area (Å²) in [5.41, 5.74) is 0.561. The Bertz CT molecular complexity index is 532. The molecule has 5 heteroatoms. The zero-order valence-electron chi connectivity index (χ0n) is 13.3. The van der Waals surface area contributed by atoms with Gasteiger partial charge in [0.2, 0.25) is 0 Å². The number of pyridine rings is 1. The van der Waals surface area contributed by atoms with Gasteiger partial charge in [-0.15, -0.1) is 0 Å². The van der Waals surface area contributed by atoms with Crippen LogP contribution >= 0.6 is 0 Å². The van der Waals surface area contributed by atoms with Crippen molar-refractivity contribution in [2.75, 3.05) is 24.6 Å². The molecular formula is C17H24N2O3. The molecular weight excluding hydrogens is 280 g/mol. The molecule has 0 N–H and O–H groups in total. The molecule has 5 nitrogen and oxygen atoms in total. The quantitative estimate of drug-likeness (QED) is 0.804. The number of piperidine rings is 1. The third kappa shape index (κ3) is 3.24. The number of nitrogens with zero attached hydrogens (tertiary/aromatic N) is 2. The highest BCUT2D eigenvalue weighted by Crippen LogP contribution is 2.31. The maximum Gasteiger partial charge on any atom is 0.342 e. The van der Waals surface area contributed by atoms with E-state index in [9.17, 15) is 4.79 Å². The maximum absolute atomic E-state index is 12.3. The van der Waals surface area contributed by atoms with E-state index in [1.165, 1.54) is 6.42 Å². The first-order valence-electron chi connectivity index (χ1n) is 8.17. The van der Waals surface area contributed by atoms with Crippen molar-refractivity contribution < 1.29 is 14.3 Å². The molecule has 0 saturated carbocycles. The Kier molecular flexibility index (Phi) is 4.62. The van der Waals surface area contributed by atoms with Crippen LogP contribution in [-0.4, -0.2) is 42.9 Å². The van der Waals surface area contributed by atoms with Crippen LogP contribution < -0.4 is 4.90 Å². The normalized spacial score (nSPS) is 25.0. The van der Waals surface area contributed by atoms with Crippen LogP contribution in [0.4, 0.5) is 5.82 Å². The lowest BCUT2D eigenvalue weighted by Crippen LogP contribution is -2.47. The molecule has 120 valence electrons. The fourth-order valence-corrected chi connectivity index (χ4v) is 3.37. The van der Waals surface area contributed by atoms with Gasteiger partial charge in [-0.25, -0.2) is 9.78 Å². The van der Waals surface area contributed by atoms with E-state index in [0.29, 0.717) is 17.6 Å². The minimum atomic E-state index is -0.292. The number of esters is 1. The fourth-order valence-electron chi connectivity index (χ4n) is 3.37. The molecule has 2 saturated heterocycles. The zero-order chi connectivity index (χ0) is 15.5. The van der Waals surface area contributed by atoms with E-state index in [-0.39, 0.29) is 12.1 Å². The Labute approximate surface area is 131 Å². The second-order valence-corrected chi connectivity index (χ2v) is 6.37. The Balaban J connectivity index is 1.78. The summed E-state index contributed by atoms with van der Waals surface area (Å²) in [5.74, 6) is 0.996. The number of fused-ring (bicyclic) bond motifs is 1. The van der Waals surface area contributed by atoms with Crippen LogP contribution in [0.3, 0.4) is 0 Å². The summed E-state index contributed by atoms with van der Waals surface area (Å²) in [7, 11) is 0. The molecule has 0 radical (unpaired) electrons. The number of carbonyl (C=O) groups excluding carboxylic acids is 1. The van der Waals surface area contributed by atoms with Gasteiger partial charge in [0.15, 0.2) is 0 Å². The first-order valence-corrected chi connectivity index (χ1v) is 8.17. The van der Waals surface area contributed by atoms with E-state index in [1.54, 1.807) is 18.3 Å². The first-order chi connectivity index (χ1) is 10.6. The second kappa shape index (κ2) is 6.65. The number of hydrogen-bond donors (Lipinski definition) is 0. The molecule has 3 rings (SSSR count). The fraction of sp³-hybridized carbons (Fsp3) is 0.647. The summed E-state index contributed by atoms with van der Waals surface area (Å²) in [4.78, 5) is 19.0. The lowest BCUT2D eigenvalue weighted by Gasteiger charge is -2.41. The zero-order valence-corrected chi connectivity index (χ0v) is 13.3. The van der Waals surface area contributed by atoms with E-state index in [0.717, 1.165) is 38.4 Å². The highest BCUT2D eigenvalue weighted by molar-refractivity contribution is 5.94. The molecule has 2 atom stereocenters. The molecule has 3 heterocycles. The van der Waals surface area contributed by atoms with E-state index in [2.05, 4.69) is 9.88 Å². The number of aromatic nitrogens is 1. The Morgan fingerprint density at radius 3 is 3.14 bits per heavy atom. The molecule has 22 heavy (non-hydrogen) atoms. The summed E-state index contributed by atoms with van der Waals surface area (Å²) in [6, 6.07) is 3.59. The van der Waals surface area contributed by atoms with Crippen molar-refractivity contribution in [3.05, 3.63) is 23.9 Å². The smallest absolute Gasteiger partial charge is 0.342 e. The number of ether oxygens (including phenoxy) is 2. The van der Waals surface area contributed by atoms with Gasteiger partial charge in [-0.2, -0.15) is 0 Å². The minimum Gasteiger partial charge on any atom is -0.459 e. The molecule has 0 aromatic carbocycles. The second-order valence-electron chi connectivity index (χ2n) is 6.37. The van der Waals surface area contributed by atoms with Crippen LogP contribution in [0.5, 0.6) is 0 Å². The topological polar surface area (TPSA) is 51.7 Å². The van der Waals surface area contributed by atoms with E-state index >= 15 is 0 Å². The van der Waals surface area contributed by atoms with Crippen LogP contribution in [0, 0.1) is 5.92 Å². The monoisotopic (exact) mass is 304 g/mol. The van der Waals surface area contributed by atoms with E-state index < -0.39 is 0 Å². The SMILES string of the molecule is CC(C)OC(=O)c1cccnc1N1CCC2OCCCC2C1. The van der Waals surface area contributed by atoms with Crippen molar-refractivity contribution in [3.8, 4) is 0 Å². The lowest BCUT2D eigenvalue weighted by molar-refractivity contribution is -0.0358. The molecule has 1 aromatic rings. The first kappa shape index (κ1) is 15.3. The van der Waals surface area contributed by atoms with Crippen molar-refractivity contribution in [2.24, 2.45) is 5.92 Å². The van der Waals surface area contributed by atoms with Gasteiger partial charge in [-0.1, -0.05) is 0 Å². The van der Waals surface area contributed by atoms with Gasteiger partial charge in [0.1, 0.15) is 11.4 Å². The van der Waals surface area contributed by atoms with Crippen LogP contribution in [0.1, 0.15) is 43.5 Å². The summed E-state index contributed by atoms with van der Waals surface area (Å²) < 4.78 is 11.2. The van der Waals surface area contributed by atoms with Crippen molar-refractivity contribution in [3.63, 3.8) is 0 Å². The standard InChI is InChI=1S/C17H24N2O3/c1-12(2)22-17(20)14-6-3-8-18-16(14)19-9-7-15-13(11-19)5-4-10-21-15/h3,6,8,12-13,15H,4-5,7,9-11H2,1-2H3. The minimum absolute atomic E-state index is 0.127. The average Bonchev–Trinajstić information content (AvgIpc) is 2.54. The number of hydrogen-bond acceptors (Lipinski definition) is 5. The third-order valence-corrected chi connectivity index (χ3v) is 4.36. The summed E-state index contributed by atoms with van der Waals surface area (Å²) >= 11 is 0. The maximum atomic E-state index is 12.3. The van der Waals surface area contributed by atoms with Gasteiger partial charge >= 0.3 is 5.97 Å². The molecule has 0 aliphatic carbocycles. The van der Waals surface area contributed by atoms with Gasteiger partial charge in [0, 0.05) is 31.8 Å². The molecule has 2 aliphatic rings. The Morgan fingerprint density at radius 1 is 1.45 bits per heavy atom. The van der Waals surface area contributed by atoms with Crippen LogP contribution in [0.15, 0.2) is 18.3 Å². The average molecular weight is 304 g/mol. The number of anilines is 1. The van der Waals surface area contributed by atoms with Crippen molar-refractivity contribution >= 4 is 11.8 Å². The third-order valence-electron chi connectivity index (χ3n) is 4.36. The van der Waals surface area contributed by atoms with Gasteiger partial charge < -0.3 is 14.4 Å². The predicted octanol–water partition coefficient (Wildman–Crippen LogP) is 2.65. The molecule has 0 spiro atoms. The number of carbonyl (C=O) groups is 1. The van der Waals surface area contributed by atoms with Gasteiger partial charge in [-0.3, -0.25) is 0 Å². The van der Waals surface area contributed by atoms with Gasteiger partial charge in [-0.05, 0) is 45.2 Å². The Morgan fingerprint density at radius 2 is 2.32 bits per heavy atom. The molecule has 0 bridgehead atoms. The highest BCUT2D eigenvalue weighted by atomic mass is 16.5. The van der Waals surface area contributed by atoms with Crippen molar-refractivity contribution in [1.29, 1.82) is 0 Å². The van der Waals surface area contributed by atoms with E-state index in [1.807, 2.05) is 13.8 Å². The summed E-state index contributed by atoms with van der Waals surface area (Å²) in [5, 5.41) is 0. The van der Waals surface area contributed by atoms with Crippen molar-refractivity contribution in [1.82, 2.24) is 4.98 Å². The van der Waals surface area contributed by atoms with Crippen LogP contribution in [0.25, 0.3) is 0 Å². The van der Waals surface area contributed by atoms with E-state index in [4.69, 9.17) is 9.47 Å². The summed E-state index contributed by atoms with van der Waals surface area (Å²) in [6.45, 7) is 6.39. The van der Waals surface area contributed by atoms with Crippen LogP contribution in [-0.2, 0) is 9.47 Å². The summed E-state index contributed by atoms with van der Waals surface area (Å²) in [6.07, 6.45) is 5.31.